The number of nitrogens with zero attached hydrogens (tertiary/aromatic N) is 3. The van der Waals surface area contributed by atoms with E-state index in [-0.39, 0.29) is 11.7 Å². The molecule has 1 N–H and O–H groups in total. The Bertz CT molecular complexity index is 1220. The molecule has 1 amide bonds. The highest BCUT2D eigenvalue weighted by molar-refractivity contribution is 7.99. The number of ether oxygens (including phenoxy) is 1. The van der Waals surface area contributed by atoms with Gasteiger partial charge in [-0.25, -0.2) is 0 Å². The molecule has 1 unspecified atom stereocenters. The first-order valence-electron chi connectivity index (χ1n) is 11.3. The second kappa shape index (κ2) is 11.4. The fourth-order valence-electron chi connectivity index (χ4n) is 3.60. The molecular formula is C26H28N4O2S2. The van der Waals surface area contributed by atoms with Gasteiger partial charge >= 0.3 is 0 Å². The van der Waals surface area contributed by atoms with Crippen molar-refractivity contribution in [1.29, 1.82) is 0 Å². The van der Waals surface area contributed by atoms with Crippen molar-refractivity contribution < 1.29 is 9.53 Å². The van der Waals surface area contributed by atoms with Crippen molar-refractivity contribution in [3.8, 4) is 22.1 Å². The molecule has 1 atom stereocenters. The summed E-state index contributed by atoms with van der Waals surface area (Å²) in [4.78, 5) is 13.9. The number of para-hydroxylation sites is 1. The van der Waals surface area contributed by atoms with Crippen LogP contribution in [-0.4, -0.2) is 33.0 Å². The molecule has 176 valence electrons. The maximum atomic E-state index is 12.8. The highest BCUT2D eigenvalue weighted by Gasteiger charge is 2.19. The van der Waals surface area contributed by atoms with Crippen LogP contribution < -0.4 is 10.1 Å². The molecule has 0 bridgehead atoms. The molecule has 0 fully saturated rings. The molecule has 0 saturated heterocycles. The molecule has 8 heteroatoms. The van der Waals surface area contributed by atoms with Crippen molar-refractivity contribution in [3.05, 3.63) is 71.6 Å². The maximum Gasteiger partial charge on any atom is 0.234 e. The van der Waals surface area contributed by atoms with Gasteiger partial charge in [-0.1, -0.05) is 49.9 Å². The first kappa shape index (κ1) is 24.0. The van der Waals surface area contributed by atoms with Gasteiger partial charge in [0.1, 0.15) is 5.75 Å². The standard InChI is InChI=1S/C26H28N4O2S2/c1-4-18(3)21-9-6-7-10-22(21)27-24(31)17-34-26-29-28-25(23-11-8-16-33-23)30(26)19-12-14-20(15-13-19)32-5-2/h6-16,18H,4-5,17H2,1-3H3,(H,27,31). The molecule has 0 aliphatic carbocycles. The number of rotatable bonds is 10. The van der Waals surface area contributed by atoms with Gasteiger partial charge in [0.15, 0.2) is 11.0 Å². The Morgan fingerprint density at radius 1 is 1.09 bits per heavy atom. The van der Waals surface area contributed by atoms with E-state index in [2.05, 4.69) is 35.4 Å². The smallest absolute Gasteiger partial charge is 0.234 e. The van der Waals surface area contributed by atoms with Crippen LogP contribution in [0.5, 0.6) is 5.75 Å². The monoisotopic (exact) mass is 492 g/mol. The van der Waals surface area contributed by atoms with Crippen LogP contribution in [0.25, 0.3) is 16.4 Å². The summed E-state index contributed by atoms with van der Waals surface area (Å²) in [6.07, 6.45) is 1.01. The summed E-state index contributed by atoms with van der Waals surface area (Å²) in [5.74, 6) is 2.10. The number of anilines is 1. The van der Waals surface area contributed by atoms with Gasteiger partial charge in [0.2, 0.25) is 5.91 Å². The van der Waals surface area contributed by atoms with Gasteiger partial charge in [-0.05, 0) is 66.6 Å². The lowest BCUT2D eigenvalue weighted by Crippen LogP contribution is -2.16. The topological polar surface area (TPSA) is 69.0 Å². The van der Waals surface area contributed by atoms with Gasteiger partial charge < -0.3 is 10.1 Å². The Morgan fingerprint density at radius 2 is 1.88 bits per heavy atom. The second-order valence-electron chi connectivity index (χ2n) is 7.78. The van der Waals surface area contributed by atoms with Crippen molar-refractivity contribution in [1.82, 2.24) is 14.8 Å². The van der Waals surface area contributed by atoms with Crippen LogP contribution in [0, 0.1) is 0 Å². The first-order valence-corrected chi connectivity index (χ1v) is 13.2. The number of hydrogen-bond acceptors (Lipinski definition) is 6. The summed E-state index contributed by atoms with van der Waals surface area (Å²) in [5, 5.41) is 14.6. The highest BCUT2D eigenvalue weighted by atomic mass is 32.2. The van der Waals surface area contributed by atoms with Crippen molar-refractivity contribution in [2.75, 3.05) is 17.7 Å². The molecule has 2 aromatic heterocycles. The van der Waals surface area contributed by atoms with E-state index in [0.717, 1.165) is 39.8 Å². The molecule has 0 aliphatic rings. The number of thioether (sulfide) groups is 1. The predicted molar refractivity (Wildman–Crippen MR) is 140 cm³/mol. The molecule has 2 heterocycles. The molecular weight excluding hydrogens is 464 g/mol. The molecule has 0 spiro atoms. The van der Waals surface area contributed by atoms with Crippen molar-refractivity contribution in [2.24, 2.45) is 0 Å². The summed E-state index contributed by atoms with van der Waals surface area (Å²) in [5.41, 5.74) is 2.94. The minimum atomic E-state index is -0.0697. The molecule has 4 rings (SSSR count). The van der Waals surface area contributed by atoms with Crippen LogP contribution in [0.1, 0.15) is 38.7 Å². The van der Waals surface area contributed by atoms with Gasteiger partial charge in [0, 0.05) is 5.69 Å². The Hall–Kier alpha value is -3.10. The third-order valence-corrected chi connectivity index (χ3v) is 7.29. The van der Waals surface area contributed by atoms with Crippen LogP contribution in [0.3, 0.4) is 0 Å². The van der Waals surface area contributed by atoms with E-state index < -0.39 is 0 Å². The minimum Gasteiger partial charge on any atom is -0.494 e. The van der Waals surface area contributed by atoms with Gasteiger partial charge in [-0.15, -0.1) is 21.5 Å². The third kappa shape index (κ3) is 5.51. The van der Waals surface area contributed by atoms with E-state index in [4.69, 9.17) is 4.74 Å². The van der Waals surface area contributed by atoms with Crippen LogP contribution in [-0.2, 0) is 4.79 Å². The summed E-state index contributed by atoms with van der Waals surface area (Å²) in [6.45, 7) is 6.90. The van der Waals surface area contributed by atoms with Gasteiger partial charge in [0.25, 0.3) is 0 Å². The summed E-state index contributed by atoms with van der Waals surface area (Å²) >= 11 is 2.98. The molecule has 6 nitrogen and oxygen atoms in total. The highest BCUT2D eigenvalue weighted by Crippen LogP contribution is 2.32. The fourth-order valence-corrected chi connectivity index (χ4v) is 5.05. The number of carbonyl (C=O) groups is 1. The van der Waals surface area contributed by atoms with Crippen LogP contribution in [0.4, 0.5) is 5.69 Å². The van der Waals surface area contributed by atoms with Crippen molar-refractivity contribution >= 4 is 34.7 Å². The van der Waals surface area contributed by atoms with E-state index in [9.17, 15) is 4.79 Å². The second-order valence-corrected chi connectivity index (χ2v) is 9.67. The zero-order valence-corrected chi connectivity index (χ0v) is 21.2. The van der Waals surface area contributed by atoms with Gasteiger partial charge in [-0.2, -0.15) is 0 Å². The summed E-state index contributed by atoms with van der Waals surface area (Å²) < 4.78 is 7.58. The largest absolute Gasteiger partial charge is 0.494 e. The summed E-state index contributed by atoms with van der Waals surface area (Å²) in [7, 11) is 0. The van der Waals surface area contributed by atoms with Gasteiger partial charge in [0.05, 0.1) is 22.9 Å². The number of carbonyl (C=O) groups excluding carboxylic acids is 1. The zero-order valence-electron chi connectivity index (χ0n) is 19.5. The average Bonchev–Trinajstić information content (AvgIpc) is 3.53. The molecule has 34 heavy (non-hydrogen) atoms. The third-order valence-electron chi connectivity index (χ3n) is 5.49. The molecule has 0 aliphatic heterocycles. The number of thiophene rings is 1. The van der Waals surface area contributed by atoms with E-state index in [1.807, 2.05) is 71.5 Å². The Morgan fingerprint density at radius 3 is 2.59 bits per heavy atom. The Kier molecular flexibility index (Phi) is 8.03. The van der Waals surface area contributed by atoms with E-state index >= 15 is 0 Å². The quantitative estimate of drug-likeness (QED) is 0.251. The number of nitrogens with one attached hydrogen (secondary N) is 1. The number of benzene rings is 2. The normalized spacial score (nSPS) is 11.9. The van der Waals surface area contributed by atoms with Crippen molar-refractivity contribution in [2.45, 2.75) is 38.3 Å². The predicted octanol–water partition coefficient (Wildman–Crippen LogP) is 6.64. The lowest BCUT2D eigenvalue weighted by Gasteiger charge is -2.15. The summed E-state index contributed by atoms with van der Waals surface area (Å²) in [6, 6.07) is 19.8. The lowest BCUT2D eigenvalue weighted by atomic mass is 9.97. The maximum absolute atomic E-state index is 12.8. The van der Waals surface area contributed by atoms with E-state index in [1.54, 1.807) is 11.3 Å². The molecule has 2 aromatic carbocycles. The fraction of sp³-hybridized carbons (Fsp3) is 0.269. The van der Waals surface area contributed by atoms with E-state index in [1.165, 1.54) is 11.8 Å². The lowest BCUT2D eigenvalue weighted by molar-refractivity contribution is -0.113. The molecule has 4 aromatic rings. The van der Waals surface area contributed by atoms with E-state index in [0.29, 0.717) is 17.7 Å². The zero-order chi connectivity index (χ0) is 23.9. The van der Waals surface area contributed by atoms with Gasteiger partial charge in [-0.3, -0.25) is 9.36 Å². The minimum absolute atomic E-state index is 0.0697. The van der Waals surface area contributed by atoms with Crippen molar-refractivity contribution in [3.63, 3.8) is 0 Å². The number of amides is 1. The number of hydrogen-bond donors (Lipinski definition) is 1. The molecule has 0 saturated carbocycles. The average molecular weight is 493 g/mol. The van der Waals surface area contributed by atoms with Crippen LogP contribution in [0.2, 0.25) is 0 Å². The number of aromatic nitrogens is 3. The first-order chi connectivity index (χ1) is 16.6. The molecule has 0 radical (unpaired) electrons. The van der Waals surface area contributed by atoms with Crippen LogP contribution in [0.15, 0.2) is 71.2 Å². The Balaban J connectivity index is 1.55. The Labute approximate surface area is 208 Å². The SMILES string of the molecule is CCOc1ccc(-n2c(SCC(=O)Nc3ccccc3C(C)CC)nnc2-c2cccs2)cc1. The van der Waals surface area contributed by atoms with Crippen LogP contribution >= 0.6 is 23.1 Å².